The molecule has 0 atom stereocenters. The van der Waals surface area contributed by atoms with Gasteiger partial charge in [0.1, 0.15) is 5.82 Å². The lowest BCUT2D eigenvalue weighted by molar-refractivity contribution is 0.628. The van der Waals surface area contributed by atoms with Crippen molar-refractivity contribution in [3.63, 3.8) is 0 Å². The summed E-state index contributed by atoms with van der Waals surface area (Å²) in [6, 6.07) is 9.47. The summed E-state index contributed by atoms with van der Waals surface area (Å²) >= 11 is 5.22. The fraction of sp³-hybridized carbons (Fsp3) is 0.176. The highest BCUT2D eigenvalue weighted by molar-refractivity contribution is 9.10. The van der Waals surface area contributed by atoms with Gasteiger partial charge in [-0.15, -0.1) is 0 Å². The topological polar surface area (TPSA) is 4.93 Å². The van der Waals surface area contributed by atoms with Crippen LogP contribution in [0.1, 0.15) is 11.1 Å². The van der Waals surface area contributed by atoms with Crippen molar-refractivity contribution in [3.8, 4) is 0 Å². The number of hydrogen-bond donors (Lipinski definition) is 0. The van der Waals surface area contributed by atoms with E-state index in [4.69, 9.17) is 0 Å². The number of hydrogen-bond acceptors (Lipinski definition) is 1. The monoisotopic (exact) mass is 363 g/mol. The summed E-state index contributed by atoms with van der Waals surface area (Å²) in [7, 11) is 1.96. The molecule has 1 aromatic heterocycles. The predicted octanol–water partition coefficient (Wildman–Crippen LogP) is 5.85. The van der Waals surface area contributed by atoms with Crippen LogP contribution in [0.15, 0.2) is 50.8 Å². The standard InChI is InChI=1S/C17H15BrFNS/c1-10-6-12(18)4-5-15(10)21-16-9-20(3)14-8-13(19)7-11(2)17(14)16/h4-9H,1-3H3. The van der Waals surface area contributed by atoms with E-state index in [0.29, 0.717) is 0 Å². The molecular weight excluding hydrogens is 349 g/mol. The third kappa shape index (κ3) is 2.74. The summed E-state index contributed by atoms with van der Waals surface area (Å²) in [6.45, 7) is 4.06. The highest BCUT2D eigenvalue weighted by Gasteiger charge is 2.13. The Kier molecular flexibility index (Phi) is 3.84. The predicted molar refractivity (Wildman–Crippen MR) is 90.6 cm³/mol. The SMILES string of the molecule is Cc1cc(Br)ccc1Sc1cn(C)c2cc(F)cc(C)c12. The Morgan fingerprint density at radius 1 is 1.05 bits per heavy atom. The minimum atomic E-state index is -0.183. The Morgan fingerprint density at radius 3 is 2.52 bits per heavy atom. The maximum absolute atomic E-state index is 13.6. The van der Waals surface area contributed by atoms with E-state index in [-0.39, 0.29) is 5.82 Å². The van der Waals surface area contributed by atoms with Gasteiger partial charge >= 0.3 is 0 Å². The van der Waals surface area contributed by atoms with E-state index in [1.54, 1.807) is 23.9 Å². The van der Waals surface area contributed by atoms with Crippen molar-refractivity contribution in [2.24, 2.45) is 7.05 Å². The second-order valence-corrected chi connectivity index (χ2v) is 7.23. The number of aryl methyl sites for hydroxylation is 3. The highest BCUT2D eigenvalue weighted by Crippen LogP contribution is 2.38. The van der Waals surface area contributed by atoms with Crippen molar-refractivity contribution in [1.29, 1.82) is 0 Å². The first-order valence-corrected chi connectivity index (χ1v) is 8.26. The molecule has 1 nitrogen and oxygen atoms in total. The number of rotatable bonds is 2. The van der Waals surface area contributed by atoms with Crippen LogP contribution in [0.2, 0.25) is 0 Å². The highest BCUT2D eigenvalue weighted by atomic mass is 79.9. The second kappa shape index (κ2) is 5.50. The fourth-order valence-electron chi connectivity index (χ4n) is 2.56. The number of benzene rings is 2. The van der Waals surface area contributed by atoms with Crippen molar-refractivity contribution in [2.75, 3.05) is 0 Å². The van der Waals surface area contributed by atoms with E-state index in [1.165, 1.54) is 10.5 Å². The van der Waals surface area contributed by atoms with Gasteiger partial charge in [-0.2, -0.15) is 0 Å². The van der Waals surface area contributed by atoms with Crippen LogP contribution in [0.25, 0.3) is 10.9 Å². The van der Waals surface area contributed by atoms with E-state index in [0.717, 1.165) is 25.8 Å². The quantitative estimate of drug-likeness (QED) is 0.552. The largest absolute Gasteiger partial charge is 0.349 e. The van der Waals surface area contributed by atoms with Gasteiger partial charge < -0.3 is 4.57 Å². The van der Waals surface area contributed by atoms with Crippen molar-refractivity contribution in [3.05, 3.63) is 57.9 Å². The van der Waals surface area contributed by atoms with Gasteiger partial charge in [0.25, 0.3) is 0 Å². The van der Waals surface area contributed by atoms with Crippen LogP contribution in [-0.2, 0) is 7.05 Å². The van der Waals surface area contributed by atoms with Crippen LogP contribution in [-0.4, -0.2) is 4.57 Å². The Hall–Kier alpha value is -1.26. The molecule has 0 spiro atoms. The van der Waals surface area contributed by atoms with Crippen LogP contribution in [0.3, 0.4) is 0 Å². The zero-order chi connectivity index (χ0) is 15.1. The van der Waals surface area contributed by atoms with Crippen LogP contribution >= 0.6 is 27.7 Å². The zero-order valence-electron chi connectivity index (χ0n) is 12.1. The zero-order valence-corrected chi connectivity index (χ0v) is 14.5. The second-order valence-electron chi connectivity index (χ2n) is 5.23. The molecule has 4 heteroatoms. The molecule has 3 aromatic rings. The molecule has 0 unspecified atom stereocenters. The molecule has 3 rings (SSSR count). The van der Waals surface area contributed by atoms with Crippen molar-refractivity contribution < 1.29 is 4.39 Å². The number of nitrogens with zero attached hydrogens (tertiary/aromatic N) is 1. The van der Waals surface area contributed by atoms with Gasteiger partial charge in [0.2, 0.25) is 0 Å². The molecule has 0 N–H and O–H groups in total. The summed E-state index contributed by atoms with van der Waals surface area (Å²) in [5.41, 5.74) is 3.14. The minimum absolute atomic E-state index is 0.183. The average molecular weight is 364 g/mol. The molecule has 0 aliphatic rings. The molecule has 1 heterocycles. The maximum Gasteiger partial charge on any atom is 0.125 e. The first kappa shape index (κ1) is 14.7. The molecule has 21 heavy (non-hydrogen) atoms. The number of fused-ring (bicyclic) bond motifs is 1. The van der Waals surface area contributed by atoms with Crippen LogP contribution < -0.4 is 0 Å². The molecule has 0 aliphatic heterocycles. The lowest BCUT2D eigenvalue weighted by Crippen LogP contribution is -1.86. The first-order chi connectivity index (χ1) is 9.95. The summed E-state index contributed by atoms with van der Waals surface area (Å²) in [5.74, 6) is -0.183. The molecular formula is C17H15BrFNS. The van der Waals surface area contributed by atoms with Gasteiger partial charge in [0, 0.05) is 32.9 Å². The lowest BCUT2D eigenvalue weighted by Gasteiger charge is -2.06. The van der Waals surface area contributed by atoms with E-state index >= 15 is 0 Å². The molecule has 0 saturated heterocycles. The average Bonchev–Trinajstić information content (AvgIpc) is 2.70. The Balaban J connectivity index is 2.13. The minimum Gasteiger partial charge on any atom is -0.349 e. The van der Waals surface area contributed by atoms with E-state index in [9.17, 15) is 4.39 Å². The molecule has 0 aliphatic carbocycles. The van der Waals surface area contributed by atoms with Crippen LogP contribution in [0.4, 0.5) is 4.39 Å². The number of halogens is 2. The Morgan fingerprint density at radius 2 is 1.81 bits per heavy atom. The Bertz CT molecular complexity index is 838. The van der Waals surface area contributed by atoms with Crippen molar-refractivity contribution in [2.45, 2.75) is 23.6 Å². The van der Waals surface area contributed by atoms with Crippen molar-refractivity contribution in [1.82, 2.24) is 4.57 Å². The van der Waals surface area contributed by atoms with Crippen LogP contribution in [0.5, 0.6) is 0 Å². The van der Waals surface area contributed by atoms with Gasteiger partial charge in [0.15, 0.2) is 0 Å². The van der Waals surface area contributed by atoms with E-state index < -0.39 is 0 Å². The van der Waals surface area contributed by atoms with Gasteiger partial charge in [-0.3, -0.25) is 0 Å². The molecule has 0 amide bonds. The lowest BCUT2D eigenvalue weighted by atomic mass is 10.1. The Labute approximate surface area is 136 Å². The van der Waals surface area contributed by atoms with Gasteiger partial charge in [-0.05, 0) is 55.3 Å². The van der Waals surface area contributed by atoms with Crippen molar-refractivity contribution >= 4 is 38.6 Å². The molecule has 2 aromatic carbocycles. The van der Waals surface area contributed by atoms with E-state index in [2.05, 4.69) is 41.2 Å². The molecule has 0 radical (unpaired) electrons. The first-order valence-electron chi connectivity index (χ1n) is 6.65. The normalized spacial score (nSPS) is 11.3. The fourth-order valence-corrected chi connectivity index (χ4v) is 4.20. The van der Waals surface area contributed by atoms with E-state index in [1.807, 2.05) is 24.6 Å². The summed E-state index contributed by atoms with van der Waals surface area (Å²) < 4.78 is 16.7. The number of aromatic nitrogens is 1. The smallest absolute Gasteiger partial charge is 0.125 e. The molecule has 0 saturated carbocycles. The molecule has 0 bridgehead atoms. The summed E-state index contributed by atoms with van der Waals surface area (Å²) in [4.78, 5) is 2.38. The maximum atomic E-state index is 13.6. The summed E-state index contributed by atoms with van der Waals surface area (Å²) in [6.07, 6.45) is 2.07. The summed E-state index contributed by atoms with van der Waals surface area (Å²) in [5, 5.41) is 1.13. The molecule has 0 fully saturated rings. The van der Waals surface area contributed by atoms with Gasteiger partial charge in [0.05, 0.1) is 5.52 Å². The third-order valence-corrected chi connectivity index (χ3v) is 5.27. The third-order valence-electron chi connectivity index (χ3n) is 3.57. The van der Waals surface area contributed by atoms with Crippen LogP contribution in [0, 0.1) is 19.7 Å². The van der Waals surface area contributed by atoms with Gasteiger partial charge in [-0.1, -0.05) is 27.7 Å². The molecule has 108 valence electrons. The van der Waals surface area contributed by atoms with Gasteiger partial charge in [-0.25, -0.2) is 4.39 Å².